The number of aliphatic hydroxyl groups excluding tert-OH is 1. The molecule has 0 aromatic rings. The van der Waals surface area contributed by atoms with Gasteiger partial charge in [-0.25, -0.2) is 4.79 Å². The Balaban J connectivity index is 1.56. The molecule has 4 aliphatic carbocycles. The third-order valence-electron chi connectivity index (χ3n) is 11.8. The fraction of sp³-hybridized carbons (Fsp3) is 0.786. The molecule has 5 aliphatic rings. The van der Waals surface area contributed by atoms with Crippen LogP contribution in [-0.2, 0) is 14.3 Å². The zero-order valence-corrected chi connectivity index (χ0v) is 22.9. The Hall–Kier alpha value is -1.29. The van der Waals surface area contributed by atoms with Gasteiger partial charge >= 0.3 is 5.97 Å². The Kier molecular flexibility index (Phi) is 5.82. The SMILES string of the molecule is CC1=C(C)C(=O)O[C@@H]([C@@](C)(O)[C@]2(O)CC[C@@]3(O)[C@@H]4C[C@H](Cl)[C@@]5(O)[C@@H](O)C=CC(=O)[C@]5(C)[C@H]4CC[C@]23C)C1. The Morgan fingerprint density at radius 2 is 1.73 bits per heavy atom. The van der Waals surface area contributed by atoms with Crippen molar-refractivity contribution in [3.8, 4) is 0 Å². The molecule has 0 aromatic heterocycles. The van der Waals surface area contributed by atoms with Gasteiger partial charge in [0.1, 0.15) is 29.0 Å². The van der Waals surface area contributed by atoms with Gasteiger partial charge in [-0.2, -0.15) is 0 Å². The number of rotatable bonds is 2. The number of allylic oxidation sites excluding steroid dienone is 1. The first-order chi connectivity index (χ1) is 16.9. The third-order valence-corrected chi connectivity index (χ3v) is 12.4. The summed E-state index contributed by atoms with van der Waals surface area (Å²) in [6, 6.07) is 0. The minimum absolute atomic E-state index is 0.0520. The highest BCUT2D eigenvalue weighted by Crippen LogP contribution is 2.71. The van der Waals surface area contributed by atoms with Gasteiger partial charge in [-0.05, 0) is 83.8 Å². The van der Waals surface area contributed by atoms with Crippen molar-refractivity contribution in [2.45, 2.75) is 113 Å². The summed E-state index contributed by atoms with van der Waals surface area (Å²) >= 11 is 6.75. The van der Waals surface area contributed by atoms with Crippen LogP contribution in [0.1, 0.15) is 73.1 Å². The number of fused-ring (bicyclic) bond motifs is 5. The molecule has 37 heavy (non-hydrogen) atoms. The fourth-order valence-electron chi connectivity index (χ4n) is 8.98. The van der Waals surface area contributed by atoms with E-state index >= 15 is 0 Å². The monoisotopic (exact) mass is 538 g/mol. The lowest BCUT2D eigenvalue weighted by Crippen LogP contribution is -2.77. The number of ether oxygens (including phenoxy) is 1. The molecule has 0 spiro atoms. The van der Waals surface area contributed by atoms with Crippen molar-refractivity contribution in [1.82, 2.24) is 0 Å². The average Bonchev–Trinajstić information content (AvgIpc) is 3.06. The number of cyclic esters (lactones) is 1. The first-order valence-corrected chi connectivity index (χ1v) is 13.7. The minimum atomic E-state index is -1.90. The van der Waals surface area contributed by atoms with Crippen molar-refractivity contribution in [3.05, 3.63) is 23.3 Å². The van der Waals surface area contributed by atoms with Crippen molar-refractivity contribution < 1.29 is 39.9 Å². The van der Waals surface area contributed by atoms with E-state index in [-0.39, 0.29) is 37.9 Å². The van der Waals surface area contributed by atoms with E-state index in [9.17, 15) is 35.1 Å². The largest absolute Gasteiger partial charge is 0.455 e. The molecule has 1 heterocycles. The zero-order chi connectivity index (χ0) is 27.6. The zero-order valence-electron chi connectivity index (χ0n) is 22.1. The van der Waals surface area contributed by atoms with E-state index in [4.69, 9.17) is 16.3 Å². The van der Waals surface area contributed by atoms with Crippen LogP contribution >= 0.6 is 11.6 Å². The van der Waals surface area contributed by atoms with Gasteiger partial charge in [0, 0.05) is 17.4 Å². The van der Waals surface area contributed by atoms with Crippen LogP contribution in [0, 0.1) is 22.7 Å². The van der Waals surface area contributed by atoms with Crippen LogP contribution < -0.4 is 0 Å². The molecule has 5 rings (SSSR count). The van der Waals surface area contributed by atoms with E-state index in [0.29, 0.717) is 12.0 Å². The van der Waals surface area contributed by atoms with E-state index in [2.05, 4.69) is 0 Å². The molecule has 0 saturated heterocycles. The molecule has 0 bridgehead atoms. The number of hydrogen-bond donors (Lipinski definition) is 5. The predicted molar refractivity (Wildman–Crippen MR) is 134 cm³/mol. The number of carbonyl (C=O) groups is 2. The summed E-state index contributed by atoms with van der Waals surface area (Å²) in [7, 11) is 0. The molecule has 206 valence electrons. The van der Waals surface area contributed by atoms with Gasteiger partial charge in [-0.15, -0.1) is 11.6 Å². The molecular weight excluding hydrogens is 500 g/mol. The standard InChI is InChI=1S/C28H39ClO8/c1-14-12-21(37-22(32)15(14)2)25(5,33)27(35)11-10-26(34)17-13-18(29)28(36)20(31)7-6-19(30)24(28,4)16(17)8-9-23(26,27)3/h6-7,16-18,20-21,31,33-36H,8-13H2,1-5H3/t16-,17+,18-,20-,21+,23-,24-,25+,26+,27-,28+/m0/s1. The van der Waals surface area contributed by atoms with Gasteiger partial charge < -0.3 is 30.3 Å². The molecule has 11 atom stereocenters. The number of aliphatic hydroxyl groups is 5. The summed E-state index contributed by atoms with van der Waals surface area (Å²) in [6.07, 6.45) is 1.42. The molecule has 3 fully saturated rings. The first kappa shape index (κ1) is 27.3. The van der Waals surface area contributed by atoms with Crippen LogP contribution in [0.15, 0.2) is 23.3 Å². The maximum Gasteiger partial charge on any atom is 0.334 e. The Labute approximate surface area is 222 Å². The Morgan fingerprint density at radius 3 is 2.35 bits per heavy atom. The molecule has 3 saturated carbocycles. The van der Waals surface area contributed by atoms with Crippen molar-refractivity contribution in [2.24, 2.45) is 22.7 Å². The molecule has 8 nitrogen and oxygen atoms in total. The molecule has 9 heteroatoms. The summed E-state index contributed by atoms with van der Waals surface area (Å²) in [4.78, 5) is 25.8. The van der Waals surface area contributed by atoms with Crippen LogP contribution in [0.5, 0.6) is 0 Å². The minimum Gasteiger partial charge on any atom is -0.455 e. The van der Waals surface area contributed by atoms with Crippen molar-refractivity contribution >= 4 is 23.4 Å². The maximum absolute atomic E-state index is 13.3. The van der Waals surface area contributed by atoms with Crippen LogP contribution in [0.2, 0.25) is 0 Å². The third kappa shape index (κ3) is 2.92. The predicted octanol–water partition coefficient (Wildman–Crippen LogP) is 1.93. The average molecular weight is 539 g/mol. The highest BCUT2D eigenvalue weighted by Gasteiger charge is 2.79. The Morgan fingerprint density at radius 1 is 1.08 bits per heavy atom. The number of esters is 1. The van der Waals surface area contributed by atoms with E-state index in [1.807, 2.05) is 0 Å². The van der Waals surface area contributed by atoms with Crippen LogP contribution in [0.4, 0.5) is 0 Å². The molecule has 5 N–H and O–H groups in total. The van der Waals surface area contributed by atoms with E-state index < -0.39 is 68.6 Å². The topological polar surface area (TPSA) is 145 Å². The molecule has 0 unspecified atom stereocenters. The molecule has 1 aliphatic heterocycles. The maximum atomic E-state index is 13.3. The van der Waals surface area contributed by atoms with Crippen LogP contribution in [-0.4, -0.2) is 77.3 Å². The highest BCUT2D eigenvalue weighted by molar-refractivity contribution is 6.22. The van der Waals surface area contributed by atoms with Gasteiger partial charge in [0.05, 0.1) is 16.4 Å². The molecule has 0 radical (unpaired) electrons. The van der Waals surface area contributed by atoms with E-state index in [1.165, 1.54) is 19.1 Å². The summed E-state index contributed by atoms with van der Waals surface area (Å²) in [5.74, 6) is -1.97. The normalized spacial score (nSPS) is 53.2. The van der Waals surface area contributed by atoms with Crippen LogP contribution in [0.25, 0.3) is 0 Å². The highest BCUT2D eigenvalue weighted by atomic mass is 35.5. The number of hydrogen-bond acceptors (Lipinski definition) is 8. The van der Waals surface area contributed by atoms with Gasteiger partial charge in [-0.3, -0.25) is 4.79 Å². The summed E-state index contributed by atoms with van der Waals surface area (Å²) in [6.45, 7) is 8.32. The lowest BCUT2D eigenvalue weighted by atomic mass is 9.41. The number of carbonyl (C=O) groups excluding carboxylic acids is 2. The molecule has 0 aromatic carbocycles. The van der Waals surface area contributed by atoms with Crippen molar-refractivity contribution in [1.29, 1.82) is 0 Å². The quantitative estimate of drug-likeness (QED) is 0.265. The second-order valence-electron chi connectivity index (χ2n) is 12.9. The molecular formula is C28H39ClO8. The van der Waals surface area contributed by atoms with Gasteiger partial charge in [-0.1, -0.05) is 12.5 Å². The second kappa shape index (κ2) is 7.89. The Bertz CT molecular complexity index is 1120. The second-order valence-corrected chi connectivity index (χ2v) is 13.4. The lowest BCUT2D eigenvalue weighted by Gasteiger charge is -2.67. The van der Waals surface area contributed by atoms with Crippen molar-refractivity contribution in [2.75, 3.05) is 0 Å². The fourth-order valence-corrected chi connectivity index (χ4v) is 9.53. The number of halogens is 1. The number of alkyl halides is 1. The smallest absolute Gasteiger partial charge is 0.334 e. The van der Waals surface area contributed by atoms with Gasteiger partial charge in [0.15, 0.2) is 5.78 Å². The van der Waals surface area contributed by atoms with E-state index in [1.54, 1.807) is 27.7 Å². The number of ketones is 1. The first-order valence-electron chi connectivity index (χ1n) is 13.2. The summed E-state index contributed by atoms with van der Waals surface area (Å²) in [5, 5.41) is 58.1. The lowest BCUT2D eigenvalue weighted by molar-refractivity contribution is -0.294. The molecule has 0 amide bonds. The summed E-state index contributed by atoms with van der Waals surface area (Å²) in [5.41, 5.74) is -8.52. The summed E-state index contributed by atoms with van der Waals surface area (Å²) < 4.78 is 5.60. The van der Waals surface area contributed by atoms with Crippen LogP contribution in [0.3, 0.4) is 0 Å². The van der Waals surface area contributed by atoms with Gasteiger partial charge in [0.2, 0.25) is 0 Å². The van der Waals surface area contributed by atoms with Gasteiger partial charge in [0.25, 0.3) is 0 Å². The van der Waals surface area contributed by atoms with E-state index in [0.717, 1.165) is 5.57 Å². The van der Waals surface area contributed by atoms with Crippen molar-refractivity contribution in [3.63, 3.8) is 0 Å².